The molecule has 8 nitrogen and oxygen atoms in total. The zero-order valence-corrected chi connectivity index (χ0v) is 18.2. The Morgan fingerprint density at radius 3 is 2.48 bits per heavy atom. The number of carbonyl (C=O) groups is 2. The van der Waals surface area contributed by atoms with E-state index < -0.39 is 0 Å². The minimum atomic E-state index is -0.144. The van der Waals surface area contributed by atoms with Gasteiger partial charge < -0.3 is 27.0 Å². The van der Waals surface area contributed by atoms with Crippen molar-refractivity contribution in [3.8, 4) is 0 Å². The number of amides is 2. The van der Waals surface area contributed by atoms with Gasteiger partial charge >= 0.3 is 0 Å². The Kier molecular flexibility index (Phi) is 9.51. The van der Waals surface area contributed by atoms with Gasteiger partial charge in [0.2, 0.25) is 5.91 Å². The van der Waals surface area contributed by atoms with Crippen LogP contribution in [-0.2, 0) is 11.3 Å². The number of unbranched alkanes of at least 4 members (excludes halogenated alkanes) is 1. The van der Waals surface area contributed by atoms with E-state index in [2.05, 4.69) is 15.6 Å². The van der Waals surface area contributed by atoms with Crippen molar-refractivity contribution >= 4 is 29.0 Å². The number of para-hydroxylation sites is 1. The first kappa shape index (κ1) is 23.9. The van der Waals surface area contributed by atoms with Crippen molar-refractivity contribution in [2.24, 2.45) is 16.5 Å². The van der Waals surface area contributed by atoms with Crippen LogP contribution in [0.25, 0.3) is 0 Å². The molecular formula is C23H32N6O2. The number of nitrogens with one attached hydrogen (secondary N) is 2. The molecular weight excluding hydrogens is 392 g/mol. The first-order valence-corrected chi connectivity index (χ1v) is 10.4. The van der Waals surface area contributed by atoms with Gasteiger partial charge in [-0.2, -0.15) is 0 Å². The Morgan fingerprint density at radius 2 is 1.84 bits per heavy atom. The van der Waals surface area contributed by atoms with E-state index in [9.17, 15) is 9.59 Å². The molecule has 0 aliphatic carbocycles. The summed E-state index contributed by atoms with van der Waals surface area (Å²) in [4.78, 5) is 30.7. The summed E-state index contributed by atoms with van der Waals surface area (Å²) in [5, 5.41) is 5.86. The summed E-state index contributed by atoms with van der Waals surface area (Å²) in [5.41, 5.74) is 14.7. The molecule has 166 valence electrons. The third-order valence-electron chi connectivity index (χ3n) is 4.70. The first-order chi connectivity index (χ1) is 14.9. The Hall–Kier alpha value is -3.39. The molecule has 0 aliphatic rings. The van der Waals surface area contributed by atoms with E-state index >= 15 is 0 Å². The molecule has 0 bridgehead atoms. The number of anilines is 1. The molecule has 2 amide bonds. The molecule has 0 atom stereocenters. The molecule has 8 heteroatoms. The summed E-state index contributed by atoms with van der Waals surface area (Å²) >= 11 is 0. The fourth-order valence-corrected chi connectivity index (χ4v) is 3.12. The lowest BCUT2D eigenvalue weighted by Crippen LogP contribution is -2.39. The van der Waals surface area contributed by atoms with Crippen LogP contribution in [0.15, 0.2) is 53.5 Å². The maximum atomic E-state index is 13.3. The normalized spacial score (nSPS) is 11.1. The number of hydrogen-bond donors (Lipinski definition) is 4. The zero-order chi connectivity index (χ0) is 22.6. The number of nitrogens with zero attached hydrogens (tertiary/aromatic N) is 2. The van der Waals surface area contributed by atoms with Crippen LogP contribution in [0.5, 0.6) is 0 Å². The monoisotopic (exact) mass is 424 g/mol. The van der Waals surface area contributed by atoms with E-state index in [1.165, 1.54) is 6.92 Å². The molecule has 2 rings (SSSR count). The summed E-state index contributed by atoms with van der Waals surface area (Å²) in [6.07, 6.45) is 1.58. The van der Waals surface area contributed by atoms with Crippen molar-refractivity contribution in [2.75, 3.05) is 32.0 Å². The smallest absolute Gasteiger partial charge is 0.254 e. The molecule has 6 N–H and O–H groups in total. The second-order valence-corrected chi connectivity index (χ2v) is 7.19. The highest BCUT2D eigenvalue weighted by molar-refractivity contribution is 5.98. The number of amidine groups is 1. The Labute approximate surface area is 183 Å². The molecule has 0 radical (unpaired) electrons. The Balaban J connectivity index is 2.24. The van der Waals surface area contributed by atoms with Gasteiger partial charge in [-0.1, -0.05) is 18.2 Å². The Bertz CT molecular complexity index is 898. The molecule has 0 aromatic heterocycles. The third-order valence-corrected chi connectivity index (χ3v) is 4.70. The van der Waals surface area contributed by atoms with Crippen LogP contribution in [0.2, 0.25) is 0 Å². The predicted molar refractivity (Wildman–Crippen MR) is 125 cm³/mol. The first-order valence-electron chi connectivity index (χ1n) is 10.4. The van der Waals surface area contributed by atoms with E-state index in [0.29, 0.717) is 31.0 Å². The molecule has 0 fully saturated rings. The van der Waals surface area contributed by atoms with Gasteiger partial charge in [0.05, 0.1) is 12.2 Å². The summed E-state index contributed by atoms with van der Waals surface area (Å²) in [6.45, 7) is 3.09. The highest BCUT2D eigenvalue weighted by Gasteiger charge is 2.18. The van der Waals surface area contributed by atoms with Crippen LogP contribution in [0.4, 0.5) is 11.4 Å². The summed E-state index contributed by atoms with van der Waals surface area (Å²) in [7, 11) is 1.80. The van der Waals surface area contributed by atoms with Crippen molar-refractivity contribution in [2.45, 2.75) is 26.3 Å². The van der Waals surface area contributed by atoms with Crippen molar-refractivity contribution in [3.63, 3.8) is 0 Å². The van der Waals surface area contributed by atoms with E-state index in [1.54, 1.807) is 24.1 Å². The number of benzene rings is 2. The van der Waals surface area contributed by atoms with Gasteiger partial charge in [-0.3, -0.25) is 9.59 Å². The maximum Gasteiger partial charge on any atom is 0.254 e. The van der Waals surface area contributed by atoms with E-state index in [-0.39, 0.29) is 18.4 Å². The molecule has 0 spiro atoms. The SMILES string of the molecule is CNc1ccc(C(=O)N(CCCCN)CC(N)=Nc2ccccc2)cc1CNC(C)=O. The van der Waals surface area contributed by atoms with Crippen LogP contribution >= 0.6 is 0 Å². The lowest BCUT2D eigenvalue weighted by atomic mass is 10.1. The van der Waals surface area contributed by atoms with Crippen LogP contribution < -0.4 is 22.1 Å². The number of hydrogen-bond acceptors (Lipinski definition) is 5. The number of nitrogens with two attached hydrogens (primary N) is 2. The zero-order valence-electron chi connectivity index (χ0n) is 18.2. The summed E-state index contributed by atoms with van der Waals surface area (Å²) in [6, 6.07) is 14.8. The van der Waals surface area contributed by atoms with Gasteiger partial charge in [0.15, 0.2) is 0 Å². The maximum absolute atomic E-state index is 13.3. The average molecular weight is 425 g/mol. The van der Waals surface area contributed by atoms with Crippen molar-refractivity contribution < 1.29 is 9.59 Å². The van der Waals surface area contributed by atoms with Gasteiger partial charge in [-0.15, -0.1) is 0 Å². The minimum Gasteiger partial charge on any atom is -0.388 e. The molecule has 0 unspecified atom stereocenters. The van der Waals surface area contributed by atoms with Crippen LogP contribution in [0.1, 0.15) is 35.7 Å². The quantitative estimate of drug-likeness (QED) is 0.250. The van der Waals surface area contributed by atoms with E-state index in [1.807, 2.05) is 36.4 Å². The van der Waals surface area contributed by atoms with Gasteiger partial charge in [-0.25, -0.2) is 4.99 Å². The second kappa shape index (κ2) is 12.3. The molecule has 0 heterocycles. The lowest BCUT2D eigenvalue weighted by molar-refractivity contribution is -0.119. The second-order valence-electron chi connectivity index (χ2n) is 7.19. The fourth-order valence-electron chi connectivity index (χ4n) is 3.12. The standard InChI is InChI=1S/C23H32N6O2/c1-17(30)27-15-19-14-18(10-11-21(19)26-2)23(31)29(13-7-6-12-24)16-22(25)28-20-8-4-3-5-9-20/h3-5,8-11,14,26H,6-7,12-13,15-16,24H2,1-2H3,(H2,25,28)(H,27,30). The Morgan fingerprint density at radius 1 is 1.10 bits per heavy atom. The average Bonchev–Trinajstić information content (AvgIpc) is 2.77. The van der Waals surface area contributed by atoms with Crippen LogP contribution in [0, 0.1) is 0 Å². The molecule has 0 aliphatic heterocycles. The highest BCUT2D eigenvalue weighted by atomic mass is 16.2. The summed E-state index contributed by atoms with van der Waals surface area (Å²) < 4.78 is 0. The van der Waals surface area contributed by atoms with Gasteiger partial charge in [0.1, 0.15) is 5.84 Å². The predicted octanol–water partition coefficient (Wildman–Crippen LogP) is 2.23. The topological polar surface area (TPSA) is 126 Å². The molecule has 0 saturated heterocycles. The third kappa shape index (κ3) is 7.75. The van der Waals surface area contributed by atoms with Crippen molar-refractivity contribution in [3.05, 3.63) is 59.7 Å². The molecule has 31 heavy (non-hydrogen) atoms. The molecule has 0 saturated carbocycles. The highest BCUT2D eigenvalue weighted by Crippen LogP contribution is 2.19. The van der Waals surface area contributed by atoms with E-state index in [4.69, 9.17) is 11.5 Å². The lowest BCUT2D eigenvalue weighted by Gasteiger charge is -2.23. The van der Waals surface area contributed by atoms with Gasteiger partial charge in [0, 0.05) is 38.3 Å². The number of aliphatic imine (C=N–C) groups is 1. The molecule has 2 aromatic rings. The van der Waals surface area contributed by atoms with Crippen molar-refractivity contribution in [1.29, 1.82) is 0 Å². The van der Waals surface area contributed by atoms with E-state index in [0.717, 1.165) is 29.8 Å². The minimum absolute atomic E-state index is 0.132. The number of rotatable bonds is 11. The van der Waals surface area contributed by atoms with Crippen LogP contribution in [0.3, 0.4) is 0 Å². The summed E-state index contributed by atoms with van der Waals surface area (Å²) in [5.74, 6) is 0.0830. The van der Waals surface area contributed by atoms with Crippen LogP contribution in [-0.4, -0.2) is 49.2 Å². The van der Waals surface area contributed by atoms with Gasteiger partial charge in [0.25, 0.3) is 5.91 Å². The van der Waals surface area contributed by atoms with Gasteiger partial charge in [-0.05, 0) is 55.3 Å². The van der Waals surface area contributed by atoms with Crippen molar-refractivity contribution in [1.82, 2.24) is 10.2 Å². The fraction of sp³-hybridized carbons (Fsp3) is 0.348. The largest absolute Gasteiger partial charge is 0.388 e. The number of carbonyl (C=O) groups excluding carboxylic acids is 2. The molecule has 2 aromatic carbocycles.